The molecule has 2 aromatic rings. The first kappa shape index (κ1) is 18.8. The molecule has 0 N–H and O–H groups in total. The summed E-state index contributed by atoms with van der Waals surface area (Å²) in [5, 5.41) is 1.21. The second-order valence-electron chi connectivity index (χ2n) is 7.38. The number of hydrogen-bond donors (Lipinski definition) is 0. The molecule has 1 saturated carbocycles. The fourth-order valence-electron chi connectivity index (χ4n) is 3.72. The van der Waals surface area contributed by atoms with Crippen LogP contribution < -0.4 is 4.90 Å². The molecule has 2 aliphatic heterocycles. The summed E-state index contributed by atoms with van der Waals surface area (Å²) < 4.78 is 12.0. The zero-order valence-electron chi connectivity index (χ0n) is 15.1. The van der Waals surface area contributed by atoms with Crippen LogP contribution in [0, 0.1) is 5.92 Å². The number of anilines is 1. The lowest BCUT2D eigenvalue weighted by Crippen LogP contribution is -2.47. The number of fused-ring (bicyclic) bond motifs is 2. The van der Waals surface area contributed by atoms with E-state index in [1.54, 1.807) is 6.07 Å². The molecule has 1 aliphatic carbocycles. The van der Waals surface area contributed by atoms with E-state index in [4.69, 9.17) is 32.7 Å². The first-order chi connectivity index (χ1) is 13.6. The van der Waals surface area contributed by atoms with Crippen molar-refractivity contribution in [1.29, 1.82) is 0 Å². The molecule has 3 aliphatic rings. The summed E-state index contributed by atoms with van der Waals surface area (Å²) in [6, 6.07) is 11.5. The third kappa shape index (κ3) is 3.23. The molecule has 0 radical (unpaired) electrons. The Balaban J connectivity index is 1.52. The summed E-state index contributed by atoms with van der Waals surface area (Å²) in [6.45, 7) is 1.77. The summed E-state index contributed by atoms with van der Waals surface area (Å²) in [7, 11) is 0. The van der Waals surface area contributed by atoms with Crippen LogP contribution in [0.4, 0.5) is 5.69 Å². The van der Waals surface area contributed by atoms with Crippen LogP contribution in [-0.4, -0.2) is 25.7 Å². The number of nitrogens with zero attached hydrogens (tertiary/aromatic N) is 1. The van der Waals surface area contributed by atoms with Crippen molar-refractivity contribution in [3.63, 3.8) is 0 Å². The van der Waals surface area contributed by atoms with Gasteiger partial charge in [-0.1, -0.05) is 35.0 Å². The van der Waals surface area contributed by atoms with Gasteiger partial charge < -0.3 is 14.4 Å². The van der Waals surface area contributed by atoms with Gasteiger partial charge in [-0.05, 0) is 61.6 Å². The standard InChI is InChI=1S/C21H19Cl2NO3S/c22-14-4-7-19(17(23)10-14)28-15-5-6-18-16(11-15)21(26-8-1-9-27-21)20(25)24(18)12-13-2-3-13/h4-7,10-11,13H,1-3,8-9,12H2. The quantitative estimate of drug-likeness (QED) is 0.635. The number of benzene rings is 2. The van der Waals surface area contributed by atoms with Crippen LogP contribution in [0.2, 0.25) is 10.0 Å². The number of halogens is 2. The van der Waals surface area contributed by atoms with Crippen molar-refractivity contribution in [3.8, 4) is 0 Å². The Labute approximate surface area is 178 Å². The number of hydrogen-bond acceptors (Lipinski definition) is 4. The lowest BCUT2D eigenvalue weighted by molar-refractivity contribution is -0.256. The van der Waals surface area contributed by atoms with Crippen molar-refractivity contribution in [2.45, 2.75) is 34.8 Å². The molecule has 2 aromatic carbocycles. The number of amides is 1. The van der Waals surface area contributed by atoms with E-state index < -0.39 is 5.79 Å². The minimum Gasteiger partial charge on any atom is -0.338 e. The van der Waals surface area contributed by atoms with E-state index in [0.29, 0.717) is 29.2 Å². The zero-order valence-corrected chi connectivity index (χ0v) is 17.4. The van der Waals surface area contributed by atoms with E-state index in [1.807, 2.05) is 35.2 Å². The van der Waals surface area contributed by atoms with Gasteiger partial charge in [0.2, 0.25) is 0 Å². The van der Waals surface area contributed by atoms with Gasteiger partial charge in [0.05, 0.1) is 23.9 Å². The number of carbonyl (C=O) groups excluding carboxylic acids is 1. The molecule has 1 spiro atoms. The maximum absolute atomic E-state index is 13.3. The Kier molecular flexibility index (Phi) is 4.84. The molecular weight excluding hydrogens is 417 g/mol. The van der Waals surface area contributed by atoms with Crippen LogP contribution in [0.3, 0.4) is 0 Å². The van der Waals surface area contributed by atoms with Gasteiger partial charge in [-0.2, -0.15) is 0 Å². The van der Waals surface area contributed by atoms with E-state index in [-0.39, 0.29) is 5.91 Å². The molecule has 2 heterocycles. The van der Waals surface area contributed by atoms with E-state index in [2.05, 4.69) is 0 Å². The average Bonchev–Trinajstić information content (AvgIpc) is 3.49. The Morgan fingerprint density at radius 2 is 1.89 bits per heavy atom. The number of carbonyl (C=O) groups is 1. The molecule has 5 rings (SSSR count). The van der Waals surface area contributed by atoms with Gasteiger partial charge in [-0.25, -0.2) is 0 Å². The highest BCUT2D eigenvalue weighted by Gasteiger charge is 2.55. The molecule has 7 heteroatoms. The van der Waals surface area contributed by atoms with Crippen molar-refractivity contribution in [2.75, 3.05) is 24.7 Å². The number of rotatable bonds is 4. The molecule has 1 amide bonds. The fraction of sp³-hybridized carbons (Fsp3) is 0.381. The van der Waals surface area contributed by atoms with Crippen molar-refractivity contribution in [2.24, 2.45) is 5.92 Å². The normalized spacial score (nSPS) is 20.6. The predicted molar refractivity (Wildman–Crippen MR) is 110 cm³/mol. The molecule has 4 nitrogen and oxygen atoms in total. The first-order valence-corrected chi connectivity index (χ1v) is 11.0. The minimum absolute atomic E-state index is 0.0965. The van der Waals surface area contributed by atoms with Crippen molar-refractivity contribution in [3.05, 3.63) is 52.0 Å². The summed E-state index contributed by atoms with van der Waals surface area (Å²) in [5.41, 5.74) is 1.69. The Morgan fingerprint density at radius 1 is 1.11 bits per heavy atom. The van der Waals surface area contributed by atoms with E-state index >= 15 is 0 Å². The van der Waals surface area contributed by atoms with Gasteiger partial charge in [0.1, 0.15) is 0 Å². The Hall–Kier alpha value is -1.24. The second kappa shape index (κ2) is 7.22. The monoisotopic (exact) mass is 435 g/mol. The third-order valence-corrected chi connectivity index (χ3v) is 7.02. The maximum atomic E-state index is 13.3. The zero-order chi connectivity index (χ0) is 19.3. The smallest absolute Gasteiger partial charge is 0.292 e. The van der Waals surface area contributed by atoms with Crippen molar-refractivity contribution >= 4 is 46.6 Å². The van der Waals surface area contributed by atoms with Crippen LogP contribution in [0.5, 0.6) is 0 Å². The SMILES string of the molecule is O=C1N(CC2CC2)c2ccc(Sc3ccc(Cl)cc3Cl)cc2C12OCCCO2. The van der Waals surface area contributed by atoms with Gasteiger partial charge in [0.15, 0.2) is 0 Å². The molecule has 28 heavy (non-hydrogen) atoms. The van der Waals surface area contributed by atoms with Gasteiger partial charge in [-0.3, -0.25) is 4.79 Å². The molecule has 0 atom stereocenters. The van der Waals surface area contributed by atoms with Gasteiger partial charge in [-0.15, -0.1) is 0 Å². The van der Waals surface area contributed by atoms with Crippen LogP contribution in [0.25, 0.3) is 0 Å². The molecule has 0 unspecified atom stereocenters. The fourth-order valence-corrected chi connectivity index (χ4v) is 5.10. The topological polar surface area (TPSA) is 38.8 Å². The average molecular weight is 436 g/mol. The molecule has 0 bridgehead atoms. The predicted octanol–water partition coefficient (Wildman–Crippen LogP) is 5.49. The molecule has 146 valence electrons. The summed E-state index contributed by atoms with van der Waals surface area (Å²) in [5.74, 6) is -0.818. The molecular formula is C21H19Cl2NO3S. The third-order valence-electron chi connectivity index (χ3n) is 5.30. The van der Waals surface area contributed by atoms with E-state index in [1.165, 1.54) is 24.6 Å². The Bertz CT molecular complexity index is 941. The van der Waals surface area contributed by atoms with Crippen molar-refractivity contribution < 1.29 is 14.3 Å². The maximum Gasteiger partial charge on any atom is 0.292 e. The van der Waals surface area contributed by atoms with Crippen LogP contribution >= 0.6 is 35.0 Å². The summed E-state index contributed by atoms with van der Waals surface area (Å²) >= 11 is 13.9. The molecule has 1 saturated heterocycles. The second-order valence-corrected chi connectivity index (χ2v) is 9.34. The van der Waals surface area contributed by atoms with Gasteiger partial charge in [0, 0.05) is 26.9 Å². The van der Waals surface area contributed by atoms with E-state index in [0.717, 1.165) is 34.0 Å². The summed E-state index contributed by atoms with van der Waals surface area (Å²) in [4.78, 5) is 17.0. The highest BCUT2D eigenvalue weighted by Crippen LogP contribution is 2.48. The minimum atomic E-state index is -1.30. The first-order valence-electron chi connectivity index (χ1n) is 9.44. The van der Waals surface area contributed by atoms with Gasteiger partial charge in [0.25, 0.3) is 11.7 Å². The summed E-state index contributed by atoms with van der Waals surface area (Å²) in [6.07, 6.45) is 3.15. The number of ether oxygens (including phenoxy) is 2. The largest absolute Gasteiger partial charge is 0.338 e. The highest BCUT2D eigenvalue weighted by atomic mass is 35.5. The van der Waals surface area contributed by atoms with Crippen LogP contribution in [0.15, 0.2) is 46.2 Å². The van der Waals surface area contributed by atoms with Gasteiger partial charge >= 0.3 is 0 Å². The molecule has 0 aromatic heterocycles. The van der Waals surface area contributed by atoms with Crippen molar-refractivity contribution in [1.82, 2.24) is 0 Å². The van der Waals surface area contributed by atoms with Crippen LogP contribution in [-0.2, 0) is 20.1 Å². The van der Waals surface area contributed by atoms with E-state index in [9.17, 15) is 4.79 Å². The lowest BCUT2D eigenvalue weighted by atomic mass is 10.1. The Morgan fingerprint density at radius 3 is 2.61 bits per heavy atom. The highest BCUT2D eigenvalue weighted by molar-refractivity contribution is 7.99. The molecule has 2 fully saturated rings. The lowest BCUT2D eigenvalue weighted by Gasteiger charge is -2.32. The van der Waals surface area contributed by atoms with Crippen LogP contribution in [0.1, 0.15) is 24.8 Å².